The summed E-state index contributed by atoms with van der Waals surface area (Å²) in [5.41, 5.74) is 5.84. The van der Waals surface area contributed by atoms with Crippen LogP contribution in [0.2, 0.25) is 0 Å². The molecule has 0 aromatic rings. The van der Waals surface area contributed by atoms with Gasteiger partial charge in [-0.05, 0) is 31.8 Å². The molecule has 108 valence electrons. The molecule has 3 nitrogen and oxygen atoms in total. The van der Waals surface area contributed by atoms with Gasteiger partial charge >= 0.3 is 5.97 Å². The highest BCUT2D eigenvalue weighted by atomic mass is 31.1. The fourth-order valence-electron chi connectivity index (χ4n) is 1.75. The van der Waals surface area contributed by atoms with Crippen molar-refractivity contribution in [2.24, 2.45) is 17.6 Å². The van der Waals surface area contributed by atoms with Crippen LogP contribution >= 0.6 is 8.58 Å². The molecule has 0 aromatic carbocycles. The summed E-state index contributed by atoms with van der Waals surface area (Å²) in [6, 6.07) is 0. The minimum Gasteiger partial charge on any atom is -0.443 e. The van der Waals surface area contributed by atoms with E-state index >= 15 is 0 Å². The SMILES string of the molecule is C=CC(=O)OC(N)C(C)CC(C=C)CC/C=C/PC. The van der Waals surface area contributed by atoms with E-state index < -0.39 is 12.2 Å². The van der Waals surface area contributed by atoms with Gasteiger partial charge in [0.25, 0.3) is 0 Å². The lowest BCUT2D eigenvalue weighted by molar-refractivity contribution is -0.145. The Kier molecular flexibility index (Phi) is 10.4. The second kappa shape index (κ2) is 11.0. The Balaban J connectivity index is 4.13. The zero-order chi connectivity index (χ0) is 14.7. The summed E-state index contributed by atoms with van der Waals surface area (Å²) in [6.07, 6.45) is 7.69. The Bertz CT molecular complexity index is 315. The molecule has 0 rings (SSSR count). The van der Waals surface area contributed by atoms with Crippen LogP contribution in [0.1, 0.15) is 26.2 Å². The van der Waals surface area contributed by atoms with Crippen LogP contribution in [0, 0.1) is 11.8 Å². The molecule has 0 heterocycles. The molecule has 0 aliphatic heterocycles. The molecule has 19 heavy (non-hydrogen) atoms. The second-order valence-electron chi connectivity index (χ2n) is 4.58. The number of hydrogen-bond donors (Lipinski definition) is 1. The Morgan fingerprint density at radius 1 is 1.47 bits per heavy atom. The number of carbonyl (C=O) groups is 1. The number of carbonyl (C=O) groups excluding carboxylic acids is 1. The first-order valence-electron chi connectivity index (χ1n) is 6.58. The van der Waals surface area contributed by atoms with Crippen LogP contribution in [-0.2, 0) is 9.53 Å². The van der Waals surface area contributed by atoms with Gasteiger partial charge in [0.05, 0.1) is 0 Å². The van der Waals surface area contributed by atoms with E-state index in [1.54, 1.807) is 0 Å². The van der Waals surface area contributed by atoms with Gasteiger partial charge in [0, 0.05) is 12.0 Å². The molecule has 0 aliphatic rings. The molecule has 0 radical (unpaired) electrons. The molecule has 4 heteroatoms. The predicted molar refractivity (Wildman–Crippen MR) is 84.3 cm³/mol. The summed E-state index contributed by atoms with van der Waals surface area (Å²) in [5, 5.41) is 0. The first-order valence-corrected chi connectivity index (χ1v) is 8.16. The van der Waals surface area contributed by atoms with Crippen molar-refractivity contribution in [3.63, 3.8) is 0 Å². The average Bonchev–Trinajstić information content (AvgIpc) is 2.41. The first kappa shape index (κ1) is 18.1. The molecular formula is C15H26NO2P. The highest BCUT2D eigenvalue weighted by molar-refractivity contribution is 7.40. The van der Waals surface area contributed by atoms with Crippen molar-refractivity contribution >= 4 is 14.6 Å². The van der Waals surface area contributed by atoms with Gasteiger partial charge in [-0.15, -0.1) is 15.2 Å². The average molecular weight is 283 g/mol. The van der Waals surface area contributed by atoms with Crippen molar-refractivity contribution in [3.8, 4) is 0 Å². The second-order valence-corrected chi connectivity index (χ2v) is 5.49. The Morgan fingerprint density at radius 2 is 2.16 bits per heavy atom. The Hall–Kier alpha value is -0.920. The van der Waals surface area contributed by atoms with Gasteiger partial charge in [-0.2, -0.15) is 0 Å². The lowest BCUT2D eigenvalue weighted by atomic mass is 9.91. The fraction of sp³-hybridized carbons (Fsp3) is 0.533. The van der Waals surface area contributed by atoms with Crippen molar-refractivity contribution in [1.29, 1.82) is 0 Å². The minimum atomic E-state index is -0.583. The van der Waals surface area contributed by atoms with Crippen LogP contribution in [0.25, 0.3) is 0 Å². The van der Waals surface area contributed by atoms with E-state index in [2.05, 4.69) is 31.7 Å². The van der Waals surface area contributed by atoms with E-state index in [9.17, 15) is 4.79 Å². The molecule has 4 unspecified atom stereocenters. The molecule has 0 aromatic heterocycles. The highest BCUT2D eigenvalue weighted by Gasteiger charge is 2.19. The Morgan fingerprint density at radius 3 is 2.68 bits per heavy atom. The molecular weight excluding hydrogens is 257 g/mol. The summed E-state index contributed by atoms with van der Waals surface area (Å²) in [4.78, 5) is 11.1. The summed E-state index contributed by atoms with van der Waals surface area (Å²) in [6.45, 7) is 11.4. The smallest absolute Gasteiger partial charge is 0.331 e. The summed E-state index contributed by atoms with van der Waals surface area (Å²) in [5.74, 6) is 2.22. The summed E-state index contributed by atoms with van der Waals surface area (Å²) >= 11 is 0. The van der Waals surface area contributed by atoms with Gasteiger partial charge in [-0.25, -0.2) is 4.79 Å². The number of esters is 1. The van der Waals surface area contributed by atoms with Crippen LogP contribution in [0.3, 0.4) is 0 Å². The standard InChI is InChI=1S/C15H26NO2P/c1-5-13(9-7-8-10-19-4)11-12(3)15(16)18-14(17)6-2/h5-6,8,10,12-13,15,19H,1-2,7,9,11,16H2,3-4H3/b10-8+. The number of nitrogens with two attached hydrogens (primary N) is 1. The maximum atomic E-state index is 11.1. The highest BCUT2D eigenvalue weighted by Crippen LogP contribution is 2.21. The molecule has 0 saturated heterocycles. The van der Waals surface area contributed by atoms with Crippen LogP contribution in [-0.4, -0.2) is 18.9 Å². The van der Waals surface area contributed by atoms with Gasteiger partial charge in [0.2, 0.25) is 0 Å². The third-order valence-corrected chi connectivity index (χ3v) is 3.55. The maximum Gasteiger partial charge on any atom is 0.331 e. The van der Waals surface area contributed by atoms with Crippen LogP contribution in [0.15, 0.2) is 37.2 Å². The van der Waals surface area contributed by atoms with E-state index in [0.717, 1.165) is 33.9 Å². The first-order chi connectivity index (χ1) is 9.04. The predicted octanol–water partition coefficient (Wildman–Crippen LogP) is 3.43. The topological polar surface area (TPSA) is 52.3 Å². The molecule has 2 N–H and O–H groups in total. The molecule has 0 bridgehead atoms. The lowest BCUT2D eigenvalue weighted by Crippen LogP contribution is -2.34. The fourth-order valence-corrected chi connectivity index (χ4v) is 2.16. The third kappa shape index (κ3) is 8.74. The van der Waals surface area contributed by atoms with E-state index in [1.807, 2.05) is 13.0 Å². The van der Waals surface area contributed by atoms with Gasteiger partial charge < -0.3 is 4.74 Å². The van der Waals surface area contributed by atoms with Gasteiger partial charge in [0.15, 0.2) is 6.23 Å². The van der Waals surface area contributed by atoms with Crippen molar-refractivity contribution in [3.05, 3.63) is 37.2 Å². The quantitative estimate of drug-likeness (QED) is 0.220. The van der Waals surface area contributed by atoms with Crippen LogP contribution in [0.5, 0.6) is 0 Å². The van der Waals surface area contributed by atoms with E-state index in [0.29, 0.717) is 5.92 Å². The van der Waals surface area contributed by atoms with Crippen LogP contribution < -0.4 is 5.73 Å². The van der Waals surface area contributed by atoms with E-state index in [-0.39, 0.29) is 5.92 Å². The van der Waals surface area contributed by atoms with Crippen molar-refractivity contribution < 1.29 is 9.53 Å². The van der Waals surface area contributed by atoms with Crippen molar-refractivity contribution in [2.45, 2.75) is 32.4 Å². The number of ether oxygens (including phenoxy) is 1. The van der Waals surface area contributed by atoms with E-state index in [4.69, 9.17) is 10.5 Å². The van der Waals surface area contributed by atoms with Crippen molar-refractivity contribution in [2.75, 3.05) is 6.66 Å². The molecule has 4 atom stereocenters. The van der Waals surface area contributed by atoms with Gasteiger partial charge in [-0.3, -0.25) is 5.73 Å². The number of hydrogen-bond acceptors (Lipinski definition) is 3. The van der Waals surface area contributed by atoms with Crippen LogP contribution in [0.4, 0.5) is 0 Å². The Labute approximate surface area is 118 Å². The van der Waals surface area contributed by atoms with Gasteiger partial charge in [-0.1, -0.05) is 31.5 Å². The summed E-state index contributed by atoms with van der Waals surface area (Å²) < 4.78 is 5.02. The molecule has 0 aliphatic carbocycles. The molecule has 0 spiro atoms. The normalized spacial score (nSPS) is 16.4. The largest absolute Gasteiger partial charge is 0.443 e. The molecule has 0 amide bonds. The zero-order valence-electron chi connectivity index (χ0n) is 12.0. The van der Waals surface area contributed by atoms with Gasteiger partial charge in [0.1, 0.15) is 0 Å². The third-order valence-electron chi connectivity index (χ3n) is 2.98. The lowest BCUT2D eigenvalue weighted by Gasteiger charge is -2.22. The molecule has 0 fully saturated rings. The molecule has 0 saturated carbocycles. The minimum absolute atomic E-state index is 0.101. The zero-order valence-corrected chi connectivity index (χ0v) is 13.0. The monoisotopic (exact) mass is 283 g/mol. The van der Waals surface area contributed by atoms with E-state index in [1.165, 1.54) is 0 Å². The number of rotatable bonds is 10. The number of allylic oxidation sites excluding steroid dienone is 2. The summed E-state index contributed by atoms with van der Waals surface area (Å²) in [7, 11) is 0.857. The van der Waals surface area contributed by atoms with Crippen molar-refractivity contribution in [1.82, 2.24) is 0 Å². The maximum absolute atomic E-state index is 11.1.